The van der Waals surface area contributed by atoms with Crippen LogP contribution in [0.4, 0.5) is 0 Å². The van der Waals surface area contributed by atoms with E-state index in [1.807, 2.05) is 110 Å². The van der Waals surface area contributed by atoms with E-state index in [1.165, 1.54) is 0 Å². The van der Waals surface area contributed by atoms with Gasteiger partial charge < -0.3 is 4.74 Å². The molecule has 1 aliphatic carbocycles. The highest BCUT2D eigenvalue weighted by Crippen LogP contribution is 2.48. The van der Waals surface area contributed by atoms with Crippen molar-refractivity contribution in [1.82, 2.24) is 4.57 Å². The molecule has 176 valence electrons. The van der Waals surface area contributed by atoms with Crippen molar-refractivity contribution in [2.45, 2.75) is 6.92 Å². The van der Waals surface area contributed by atoms with E-state index in [9.17, 15) is 9.59 Å². The minimum Gasteiger partial charge on any atom is -0.456 e. The lowest BCUT2D eigenvalue weighted by atomic mass is 9.82. The van der Waals surface area contributed by atoms with E-state index in [0.717, 1.165) is 38.5 Å². The van der Waals surface area contributed by atoms with Crippen LogP contribution in [0.3, 0.4) is 0 Å². The van der Waals surface area contributed by atoms with Crippen molar-refractivity contribution in [2.24, 2.45) is 0 Å². The average Bonchev–Trinajstić information content (AvgIpc) is 2.93. The fourth-order valence-corrected chi connectivity index (χ4v) is 5.40. The molecule has 0 amide bonds. The molecular formula is C33H21NO3. The highest BCUT2D eigenvalue weighted by atomic mass is 16.5. The summed E-state index contributed by atoms with van der Waals surface area (Å²) in [6.07, 6.45) is 0. The maximum Gasteiger partial charge on any atom is 0.256 e. The standard InChI is InChI=1S/C33H21NO3/c1-20-15-17-21(18-16-20)34-28(35)19-27-23-11-5-7-13-25(23)32(36)30-29(27)31(34)24-12-6-8-14-26(24)33(30)37-22-9-3-2-4-10-22/h2-19H,1H3. The zero-order chi connectivity index (χ0) is 25.1. The van der Waals surface area contributed by atoms with Gasteiger partial charge in [-0.25, -0.2) is 0 Å². The van der Waals surface area contributed by atoms with Gasteiger partial charge in [0.05, 0.1) is 11.1 Å². The molecule has 4 heteroatoms. The SMILES string of the molecule is Cc1ccc(-n2c(=O)cc3c4c(c(Oc5ccccc5)c5ccccc5c42)C(=O)c2ccccc2-3)cc1. The smallest absolute Gasteiger partial charge is 0.256 e. The van der Waals surface area contributed by atoms with Crippen molar-refractivity contribution in [3.05, 3.63) is 136 Å². The molecule has 0 bridgehead atoms. The lowest BCUT2D eigenvalue weighted by Crippen LogP contribution is -2.22. The van der Waals surface area contributed by atoms with E-state index in [-0.39, 0.29) is 11.3 Å². The molecule has 4 nitrogen and oxygen atoms in total. The third kappa shape index (κ3) is 3.16. The van der Waals surface area contributed by atoms with Crippen LogP contribution >= 0.6 is 0 Å². The molecule has 0 unspecified atom stereocenters. The van der Waals surface area contributed by atoms with Gasteiger partial charge in [0.25, 0.3) is 5.56 Å². The maximum absolute atomic E-state index is 14.2. The summed E-state index contributed by atoms with van der Waals surface area (Å²) < 4.78 is 8.20. The summed E-state index contributed by atoms with van der Waals surface area (Å²) in [6.45, 7) is 2.02. The fourth-order valence-electron chi connectivity index (χ4n) is 5.40. The molecule has 0 spiro atoms. The predicted molar refractivity (Wildman–Crippen MR) is 147 cm³/mol. The molecule has 6 aromatic rings. The number of hydrogen-bond donors (Lipinski definition) is 0. The number of para-hydroxylation sites is 1. The van der Waals surface area contributed by atoms with Crippen LogP contribution in [0.1, 0.15) is 21.5 Å². The molecule has 37 heavy (non-hydrogen) atoms. The van der Waals surface area contributed by atoms with Gasteiger partial charge in [-0.2, -0.15) is 0 Å². The number of fused-ring (bicyclic) bond motifs is 4. The lowest BCUT2D eigenvalue weighted by molar-refractivity contribution is 0.103. The van der Waals surface area contributed by atoms with Crippen LogP contribution in [0.25, 0.3) is 38.5 Å². The first-order chi connectivity index (χ1) is 18.1. The molecule has 0 atom stereocenters. The average molecular weight is 480 g/mol. The largest absolute Gasteiger partial charge is 0.456 e. The van der Waals surface area contributed by atoms with Gasteiger partial charge in [-0.15, -0.1) is 0 Å². The molecule has 1 aliphatic rings. The zero-order valence-corrected chi connectivity index (χ0v) is 20.1. The van der Waals surface area contributed by atoms with E-state index in [0.29, 0.717) is 28.1 Å². The van der Waals surface area contributed by atoms with Crippen LogP contribution in [0.15, 0.2) is 114 Å². The first kappa shape index (κ1) is 21.3. The Morgan fingerprint density at radius 1 is 0.649 bits per heavy atom. The summed E-state index contributed by atoms with van der Waals surface area (Å²) in [7, 11) is 0. The second kappa shape index (κ2) is 8.04. The summed E-state index contributed by atoms with van der Waals surface area (Å²) in [5.41, 5.74) is 4.97. The molecule has 0 saturated carbocycles. The topological polar surface area (TPSA) is 48.3 Å². The highest BCUT2D eigenvalue weighted by Gasteiger charge is 2.32. The lowest BCUT2D eigenvalue weighted by Gasteiger charge is -2.26. The van der Waals surface area contributed by atoms with Crippen molar-refractivity contribution in [3.63, 3.8) is 0 Å². The zero-order valence-electron chi connectivity index (χ0n) is 20.1. The fraction of sp³-hybridized carbons (Fsp3) is 0.0303. The monoisotopic (exact) mass is 479 g/mol. The molecule has 0 aliphatic heterocycles. The molecule has 7 rings (SSSR count). The molecule has 0 radical (unpaired) electrons. The number of ketones is 1. The number of pyridine rings is 1. The predicted octanol–water partition coefficient (Wildman–Crippen LogP) is 7.46. The van der Waals surface area contributed by atoms with Crippen molar-refractivity contribution < 1.29 is 9.53 Å². The molecule has 1 aromatic heterocycles. The van der Waals surface area contributed by atoms with Crippen LogP contribution in [0.5, 0.6) is 11.5 Å². The summed E-state index contributed by atoms with van der Waals surface area (Å²) in [5, 5.41) is 2.35. The molecule has 1 heterocycles. The number of carbonyl (C=O) groups is 1. The summed E-state index contributed by atoms with van der Waals surface area (Å²) in [5.74, 6) is 1.03. The first-order valence-electron chi connectivity index (χ1n) is 12.2. The van der Waals surface area contributed by atoms with E-state index in [1.54, 1.807) is 10.6 Å². The number of hydrogen-bond acceptors (Lipinski definition) is 3. The molecule has 0 saturated heterocycles. The maximum atomic E-state index is 14.2. The number of rotatable bonds is 3. The van der Waals surface area contributed by atoms with Crippen LogP contribution in [-0.4, -0.2) is 10.4 Å². The minimum absolute atomic E-state index is 0.112. The molecule has 0 N–H and O–H groups in total. The van der Waals surface area contributed by atoms with Crippen molar-refractivity contribution >= 4 is 27.5 Å². The Balaban J connectivity index is 1.72. The Hall–Kier alpha value is -4.96. The quantitative estimate of drug-likeness (QED) is 0.247. The minimum atomic E-state index is -0.150. The number of benzene rings is 5. The Morgan fingerprint density at radius 2 is 1.30 bits per heavy atom. The first-order valence-corrected chi connectivity index (χ1v) is 12.2. The van der Waals surface area contributed by atoms with Gasteiger partial charge >= 0.3 is 0 Å². The normalized spacial score (nSPS) is 12.1. The van der Waals surface area contributed by atoms with Gasteiger partial charge in [0, 0.05) is 33.5 Å². The highest BCUT2D eigenvalue weighted by molar-refractivity contribution is 6.31. The Kier molecular flexibility index (Phi) is 4.63. The number of carbonyl (C=O) groups excluding carboxylic acids is 1. The van der Waals surface area contributed by atoms with Crippen LogP contribution in [0.2, 0.25) is 0 Å². The van der Waals surface area contributed by atoms with Crippen LogP contribution in [-0.2, 0) is 0 Å². The van der Waals surface area contributed by atoms with Crippen molar-refractivity contribution in [3.8, 4) is 28.3 Å². The Bertz CT molecular complexity index is 1930. The van der Waals surface area contributed by atoms with Crippen molar-refractivity contribution in [1.29, 1.82) is 0 Å². The molecule has 0 fully saturated rings. The summed E-state index contributed by atoms with van der Waals surface area (Å²) in [6, 6.07) is 34.3. The van der Waals surface area contributed by atoms with Gasteiger partial charge in [0.1, 0.15) is 11.5 Å². The number of nitrogens with zero attached hydrogens (tertiary/aromatic N) is 1. The summed E-state index contributed by atoms with van der Waals surface area (Å²) in [4.78, 5) is 28.0. The van der Waals surface area contributed by atoms with Crippen LogP contribution in [0, 0.1) is 6.92 Å². The Labute approximate surface area is 213 Å². The van der Waals surface area contributed by atoms with Gasteiger partial charge in [-0.05, 0) is 42.3 Å². The van der Waals surface area contributed by atoms with Gasteiger partial charge in [-0.3, -0.25) is 14.2 Å². The van der Waals surface area contributed by atoms with Crippen molar-refractivity contribution in [2.75, 3.05) is 0 Å². The van der Waals surface area contributed by atoms with E-state index in [4.69, 9.17) is 4.74 Å². The third-order valence-electron chi connectivity index (χ3n) is 7.07. The number of aryl methyl sites for hydroxylation is 1. The van der Waals surface area contributed by atoms with E-state index >= 15 is 0 Å². The number of ether oxygens (including phenoxy) is 1. The van der Waals surface area contributed by atoms with E-state index < -0.39 is 0 Å². The van der Waals surface area contributed by atoms with Crippen LogP contribution < -0.4 is 10.3 Å². The van der Waals surface area contributed by atoms with Gasteiger partial charge in [-0.1, -0.05) is 84.4 Å². The third-order valence-corrected chi connectivity index (χ3v) is 7.07. The molecule has 5 aromatic carbocycles. The summed E-state index contributed by atoms with van der Waals surface area (Å²) >= 11 is 0. The van der Waals surface area contributed by atoms with E-state index in [2.05, 4.69) is 0 Å². The second-order valence-corrected chi connectivity index (χ2v) is 9.33. The Morgan fingerprint density at radius 3 is 2.05 bits per heavy atom. The number of aromatic nitrogens is 1. The molecular weight excluding hydrogens is 458 g/mol. The van der Waals surface area contributed by atoms with Gasteiger partial charge in [0.15, 0.2) is 5.78 Å². The van der Waals surface area contributed by atoms with Gasteiger partial charge in [0.2, 0.25) is 0 Å². The second-order valence-electron chi connectivity index (χ2n) is 9.33.